The molecule has 0 aliphatic heterocycles. The Hall–Kier alpha value is -3.98. The minimum absolute atomic E-state index is 0.117. The van der Waals surface area contributed by atoms with Crippen LogP contribution in [0, 0.1) is 0 Å². The number of phenols is 1. The van der Waals surface area contributed by atoms with Crippen LogP contribution in [0.1, 0.15) is 63.8 Å². The van der Waals surface area contributed by atoms with Gasteiger partial charge in [-0.1, -0.05) is 96.1 Å². The first-order valence-electron chi connectivity index (χ1n) is 12.7. The molecular weight excluding hydrogens is 452 g/mol. The van der Waals surface area contributed by atoms with Gasteiger partial charge < -0.3 is 5.11 Å². The van der Waals surface area contributed by atoms with Crippen molar-refractivity contribution in [2.75, 3.05) is 0 Å². The summed E-state index contributed by atoms with van der Waals surface area (Å²) in [5, 5.41) is 10.7. The van der Waals surface area contributed by atoms with Crippen molar-refractivity contribution in [2.45, 2.75) is 52.4 Å². The molecule has 0 heterocycles. The van der Waals surface area contributed by atoms with Crippen molar-refractivity contribution in [3.63, 3.8) is 0 Å². The Morgan fingerprint density at radius 3 is 1.68 bits per heavy atom. The molecule has 0 bridgehead atoms. The largest absolute Gasteiger partial charge is 0.507 e. The average Bonchev–Trinajstić information content (AvgIpc) is 2.86. The third-order valence-corrected chi connectivity index (χ3v) is 6.41. The Labute approximate surface area is 221 Å². The van der Waals surface area contributed by atoms with Crippen LogP contribution in [-0.2, 0) is 10.8 Å². The molecule has 188 valence electrons. The number of nitrogens with zero attached hydrogens (tertiary/aromatic N) is 2. The van der Waals surface area contributed by atoms with E-state index < -0.39 is 0 Å². The van der Waals surface area contributed by atoms with Crippen LogP contribution in [0.4, 0.5) is 11.4 Å². The third-order valence-electron chi connectivity index (χ3n) is 6.41. The van der Waals surface area contributed by atoms with Crippen LogP contribution in [0.15, 0.2) is 101 Å². The van der Waals surface area contributed by atoms with Gasteiger partial charge in [0.15, 0.2) is 0 Å². The summed E-state index contributed by atoms with van der Waals surface area (Å²) in [5.41, 5.74) is 8.02. The number of aliphatic imine (C=N–C) groups is 2. The summed E-state index contributed by atoms with van der Waals surface area (Å²) >= 11 is 0. The fourth-order valence-electron chi connectivity index (χ4n) is 4.13. The van der Waals surface area contributed by atoms with Crippen LogP contribution in [0.2, 0.25) is 0 Å². The molecule has 4 rings (SSSR count). The standard InChI is InChI=1S/C34H36N2O/c1-33(2,3)28-11-7-9-24(21-28)22-35-29-17-13-25(14-18-29)26-15-19-30(20-16-26)36-23-27-10-8-12-31(32(27)37)34(4,5)6/h7-23,37H,1-6H3. The van der Waals surface area contributed by atoms with Crippen molar-refractivity contribution in [2.24, 2.45) is 9.98 Å². The van der Waals surface area contributed by atoms with Crippen LogP contribution in [-0.4, -0.2) is 17.5 Å². The van der Waals surface area contributed by atoms with E-state index in [1.54, 1.807) is 6.21 Å². The zero-order valence-corrected chi connectivity index (χ0v) is 22.7. The summed E-state index contributed by atoms with van der Waals surface area (Å²) in [4.78, 5) is 9.25. The molecule has 37 heavy (non-hydrogen) atoms. The van der Waals surface area contributed by atoms with Crippen molar-refractivity contribution in [3.8, 4) is 16.9 Å². The second-order valence-corrected chi connectivity index (χ2v) is 11.5. The fourth-order valence-corrected chi connectivity index (χ4v) is 4.13. The minimum atomic E-state index is -0.131. The summed E-state index contributed by atoms with van der Waals surface area (Å²) < 4.78 is 0. The molecule has 0 unspecified atom stereocenters. The maximum Gasteiger partial charge on any atom is 0.128 e. The van der Waals surface area contributed by atoms with E-state index in [2.05, 4.69) is 100 Å². The molecule has 0 aromatic heterocycles. The summed E-state index contributed by atoms with van der Waals surface area (Å²) in [6.45, 7) is 12.9. The van der Waals surface area contributed by atoms with E-state index in [-0.39, 0.29) is 10.8 Å². The van der Waals surface area contributed by atoms with E-state index >= 15 is 0 Å². The van der Waals surface area contributed by atoms with Crippen molar-refractivity contribution in [1.29, 1.82) is 0 Å². The highest BCUT2D eigenvalue weighted by molar-refractivity contribution is 5.86. The zero-order valence-electron chi connectivity index (χ0n) is 22.7. The van der Waals surface area contributed by atoms with Crippen LogP contribution in [0.25, 0.3) is 11.1 Å². The van der Waals surface area contributed by atoms with E-state index in [0.717, 1.165) is 39.2 Å². The Kier molecular flexibility index (Phi) is 7.45. The van der Waals surface area contributed by atoms with E-state index in [1.807, 2.05) is 48.7 Å². The first-order chi connectivity index (χ1) is 17.5. The lowest BCUT2D eigenvalue weighted by molar-refractivity contribution is 0.446. The lowest BCUT2D eigenvalue weighted by atomic mass is 9.85. The summed E-state index contributed by atoms with van der Waals surface area (Å²) in [7, 11) is 0. The number of aromatic hydroxyl groups is 1. The SMILES string of the molecule is CC(C)(C)c1cccc(C=Nc2ccc(-c3ccc(N=Cc4cccc(C(C)(C)C)c4O)cc3)cc2)c1. The lowest BCUT2D eigenvalue weighted by Crippen LogP contribution is -2.11. The molecule has 4 aromatic rings. The molecule has 0 fully saturated rings. The maximum atomic E-state index is 10.7. The van der Waals surface area contributed by atoms with Gasteiger partial charge in [0.05, 0.1) is 11.4 Å². The second-order valence-electron chi connectivity index (χ2n) is 11.5. The molecule has 1 N–H and O–H groups in total. The van der Waals surface area contributed by atoms with Crippen molar-refractivity contribution < 1.29 is 5.11 Å². The first-order valence-corrected chi connectivity index (χ1v) is 12.7. The minimum Gasteiger partial charge on any atom is -0.507 e. The number of phenolic OH excluding ortho intramolecular Hbond substituents is 1. The molecule has 0 radical (unpaired) electrons. The summed E-state index contributed by atoms with van der Waals surface area (Å²) in [6.07, 6.45) is 3.65. The Bertz CT molecular complexity index is 1410. The Morgan fingerprint density at radius 2 is 1.14 bits per heavy atom. The van der Waals surface area contributed by atoms with E-state index in [0.29, 0.717) is 5.75 Å². The number of hydrogen-bond donors (Lipinski definition) is 1. The number of hydrogen-bond acceptors (Lipinski definition) is 3. The van der Waals surface area contributed by atoms with Gasteiger partial charge >= 0.3 is 0 Å². The van der Waals surface area contributed by atoms with Crippen LogP contribution < -0.4 is 0 Å². The topological polar surface area (TPSA) is 45.0 Å². The average molecular weight is 489 g/mol. The van der Waals surface area contributed by atoms with Gasteiger partial charge in [0, 0.05) is 18.0 Å². The molecule has 0 saturated carbocycles. The van der Waals surface area contributed by atoms with Gasteiger partial charge in [-0.15, -0.1) is 0 Å². The molecule has 0 saturated heterocycles. The summed E-state index contributed by atoms with van der Waals surface area (Å²) in [5.74, 6) is 0.292. The highest BCUT2D eigenvalue weighted by atomic mass is 16.3. The maximum absolute atomic E-state index is 10.7. The highest BCUT2D eigenvalue weighted by Gasteiger charge is 2.19. The molecule has 3 nitrogen and oxygen atoms in total. The van der Waals surface area contributed by atoms with Crippen molar-refractivity contribution in [3.05, 3.63) is 113 Å². The van der Waals surface area contributed by atoms with Gasteiger partial charge in [-0.3, -0.25) is 9.98 Å². The Morgan fingerprint density at radius 1 is 0.595 bits per heavy atom. The number of rotatable bonds is 5. The highest BCUT2D eigenvalue weighted by Crippen LogP contribution is 2.33. The lowest BCUT2D eigenvalue weighted by Gasteiger charge is -2.21. The van der Waals surface area contributed by atoms with E-state index in [4.69, 9.17) is 0 Å². The van der Waals surface area contributed by atoms with Gasteiger partial charge in [-0.2, -0.15) is 0 Å². The smallest absolute Gasteiger partial charge is 0.128 e. The predicted molar refractivity (Wildman–Crippen MR) is 158 cm³/mol. The van der Waals surface area contributed by atoms with Crippen LogP contribution >= 0.6 is 0 Å². The fraction of sp³-hybridized carbons (Fsp3) is 0.235. The monoisotopic (exact) mass is 488 g/mol. The van der Waals surface area contributed by atoms with Crippen LogP contribution in [0.5, 0.6) is 5.75 Å². The molecule has 4 aromatic carbocycles. The van der Waals surface area contributed by atoms with Crippen LogP contribution in [0.3, 0.4) is 0 Å². The normalized spacial score (nSPS) is 12.5. The predicted octanol–water partition coefficient (Wildman–Crippen LogP) is 9.16. The van der Waals surface area contributed by atoms with Crippen molar-refractivity contribution >= 4 is 23.8 Å². The van der Waals surface area contributed by atoms with Gasteiger partial charge in [0.1, 0.15) is 5.75 Å². The quantitative estimate of drug-likeness (QED) is 0.280. The molecule has 0 aliphatic rings. The second kappa shape index (κ2) is 10.6. The van der Waals surface area contributed by atoms with Gasteiger partial charge in [0.25, 0.3) is 0 Å². The zero-order chi connectivity index (χ0) is 26.6. The van der Waals surface area contributed by atoms with Crippen molar-refractivity contribution in [1.82, 2.24) is 0 Å². The molecule has 0 atom stereocenters. The van der Waals surface area contributed by atoms with Gasteiger partial charge in [-0.05, 0) is 75.0 Å². The van der Waals surface area contributed by atoms with E-state index in [9.17, 15) is 5.11 Å². The van der Waals surface area contributed by atoms with E-state index in [1.165, 1.54) is 5.56 Å². The van der Waals surface area contributed by atoms with Gasteiger partial charge in [-0.25, -0.2) is 0 Å². The first kappa shape index (κ1) is 26.1. The molecular formula is C34H36N2O. The number of benzene rings is 4. The summed E-state index contributed by atoms with van der Waals surface area (Å²) in [6, 6.07) is 30.7. The molecule has 3 heteroatoms. The third kappa shape index (κ3) is 6.62. The Balaban J connectivity index is 1.45. The number of para-hydroxylation sites is 1. The molecule has 0 aliphatic carbocycles. The molecule has 0 amide bonds. The molecule has 0 spiro atoms. The van der Waals surface area contributed by atoms with Gasteiger partial charge in [0.2, 0.25) is 0 Å².